The molecule has 0 saturated carbocycles. The van der Waals surface area contributed by atoms with Crippen molar-refractivity contribution in [3.8, 4) is 0 Å². The van der Waals surface area contributed by atoms with Crippen molar-refractivity contribution in [1.29, 1.82) is 0 Å². The third-order valence-electron chi connectivity index (χ3n) is 6.18. The summed E-state index contributed by atoms with van der Waals surface area (Å²) in [4.78, 5) is 40.8. The van der Waals surface area contributed by atoms with E-state index < -0.39 is 23.7 Å². The number of benzene rings is 3. The van der Waals surface area contributed by atoms with Crippen LogP contribution in [-0.4, -0.2) is 22.8 Å². The van der Waals surface area contributed by atoms with Crippen molar-refractivity contribution in [2.24, 2.45) is 0 Å². The van der Waals surface area contributed by atoms with Gasteiger partial charge in [-0.25, -0.2) is 4.79 Å². The first-order valence-electron chi connectivity index (χ1n) is 12.0. The number of carbonyl (C=O) groups excluding carboxylic acids is 3. The number of fused-ring (bicyclic) bond motifs is 1. The lowest BCUT2D eigenvalue weighted by molar-refractivity contribution is -0.137. The average molecular weight is 546 g/mol. The van der Waals surface area contributed by atoms with Crippen molar-refractivity contribution in [3.63, 3.8) is 0 Å². The van der Waals surface area contributed by atoms with Crippen LogP contribution in [0, 0.1) is 6.92 Å². The van der Waals surface area contributed by atoms with E-state index in [1.54, 1.807) is 49.5 Å². The Morgan fingerprint density at radius 1 is 0.875 bits per heavy atom. The van der Waals surface area contributed by atoms with Crippen LogP contribution >= 0.6 is 0 Å². The number of urea groups is 1. The monoisotopic (exact) mass is 545 g/mol. The van der Waals surface area contributed by atoms with Crippen LogP contribution in [-0.2, 0) is 11.0 Å². The third kappa shape index (κ3) is 5.73. The largest absolute Gasteiger partial charge is 0.416 e. The van der Waals surface area contributed by atoms with E-state index in [-0.39, 0.29) is 17.2 Å². The predicted octanol–water partition coefficient (Wildman–Crippen LogP) is 6.73. The molecule has 1 aliphatic heterocycles. The summed E-state index contributed by atoms with van der Waals surface area (Å²) in [7, 11) is 0. The minimum atomic E-state index is -4.57. The summed E-state index contributed by atoms with van der Waals surface area (Å²) < 4.78 is 39.0. The van der Waals surface area contributed by atoms with Gasteiger partial charge in [-0.3, -0.25) is 9.59 Å². The minimum Gasteiger partial charge on any atom is -0.362 e. The standard InChI is InChI=1S/C29H22F3N5O3/c1-16-7-8-20(34-26(38)17-4-2-5-18(12-17)29(30,31)32)14-24(16)37-28(40)35-21-9-10-22-23(13-19-6-3-11-33-19)27(39)36-25(22)15-21/h2-15,33H,1H3,(H,34,38)(H,36,39)(H2,35,37,40). The fourth-order valence-electron chi connectivity index (χ4n) is 4.16. The van der Waals surface area contributed by atoms with Gasteiger partial charge >= 0.3 is 12.2 Å². The van der Waals surface area contributed by atoms with E-state index in [4.69, 9.17) is 0 Å². The Kier molecular flexibility index (Phi) is 6.87. The number of amides is 4. The number of nitrogens with one attached hydrogen (secondary N) is 5. The normalized spacial score (nSPS) is 13.5. The number of alkyl halides is 3. The molecular weight excluding hydrogens is 523 g/mol. The van der Waals surface area contributed by atoms with Gasteiger partial charge in [-0.15, -0.1) is 0 Å². The number of hydrogen-bond donors (Lipinski definition) is 5. The number of H-pyrrole nitrogens is 1. The van der Waals surface area contributed by atoms with Crippen LogP contribution < -0.4 is 21.3 Å². The van der Waals surface area contributed by atoms with Crippen molar-refractivity contribution in [2.75, 3.05) is 21.3 Å². The molecule has 2 heterocycles. The molecule has 4 aromatic rings. The smallest absolute Gasteiger partial charge is 0.362 e. The molecule has 4 amide bonds. The van der Waals surface area contributed by atoms with Gasteiger partial charge in [0.15, 0.2) is 0 Å². The Morgan fingerprint density at radius 3 is 2.40 bits per heavy atom. The quantitative estimate of drug-likeness (QED) is 0.179. The van der Waals surface area contributed by atoms with Gasteiger partial charge in [0.2, 0.25) is 0 Å². The highest BCUT2D eigenvalue weighted by atomic mass is 19.4. The van der Waals surface area contributed by atoms with E-state index >= 15 is 0 Å². The van der Waals surface area contributed by atoms with Gasteiger partial charge in [0.1, 0.15) is 0 Å². The Morgan fingerprint density at radius 2 is 1.65 bits per heavy atom. The lowest BCUT2D eigenvalue weighted by Gasteiger charge is -2.13. The molecule has 1 aliphatic rings. The van der Waals surface area contributed by atoms with Crippen LogP contribution in [0.2, 0.25) is 0 Å². The molecule has 3 aromatic carbocycles. The van der Waals surface area contributed by atoms with Crippen LogP contribution in [0.4, 0.5) is 40.7 Å². The third-order valence-corrected chi connectivity index (χ3v) is 6.18. The second kappa shape index (κ2) is 10.4. The number of aromatic amines is 1. The molecule has 0 atom stereocenters. The second-order valence-electron chi connectivity index (χ2n) is 9.04. The van der Waals surface area contributed by atoms with E-state index in [0.717, 1.165) is 23.9 Å². The highest BCUT2D eigenvalue weighted by molar-refractivity contribution is 6.35. The summed E-state index contributed by atoms with van der Waals surface area (Å²) in [5, 5.41) is 10.8. The van der Waals surface area contributed by atoms with Crippen molar-refractivity contribution in [2.45, 2.75) is 13.1 Å². The van der Waals surface area contributed by atoms with Gasteiger partial charge in [-0.2, -0.15) is 13.2 Å². The van der Waals surface area contributed by atoms with Gasteiger partial charge in [0, 0.05) is 40.1 Å². The van der Waals surface area contributed by atoms with Crippen LogP contribution in [0.5, 0.6) is 0 Å². The van der Waals surface area contributed by atoms with Crippen LogP contribution in [0.3, 0.4) is 0 Å². The number of aryl methyl sites for hydroxylation is 1. The zero-order chi connectivity index (χ0) is 28.4. The molecule has 0 bridgehead atoms. The average Bonchev–Trinajstić information content (AvgIpc) is 3.53. The summed E-state index contributed by atoms with van der Waals surface area (Å²) in [5.74, 6) is -0.985. The van der Waals surface area contributed by atoms with E-state index in [0.29, 0.717) is 33.8 Å². The summed E-state index contributed by atoms with van der Waals surface area (Å²) in [6, 6.07) is 17.0. The molecule has 11 heteroatoms. The van der Waals surface area contributed by atoms with Gasteiger partial charge in [-0.05, 0) is 73.2 Å². The SMILES string of the molecule is Cc1ccc(NC(=O)c2cccc(C(F)(F)F)c2)cc1NC(=O)Nc1ccc2c(c1)NC(=O)C2=Cc1ccc[nH]1. The number of halogens is 3. The zero-order valence-electron chi connectivity index (χ0n) is 20.9. The maximum absolute atomic E-state index is 13.0. The Labute approximate surface area is 226 Å². The lowest BCUT2D eigenvalue weighted by Crippen LogP contribution is -2.20. The first-order chi connectivity index (χ1) is 19.1. The van der Waals surface area contributed by atoms with Gasteiger partial charge in [0.05, 0.1) is 16.8 Å². The summed E-state index contributed by atoms with van der Waals surface area (Å²) >= 11 is 0. The molecule has 5 N–H and O–H groups in total. The van der Waals surface area contributed by atoms with Crippen molar-refractivity contribution >= 4 is 52.2 Å². The molecule has 0 fully saturated rings. The number of anilines is 4. The summed E-state index contributed by atoms with van der Waals surface area (Å²) in [6.07, 6.45) is -1.08. The fourth-order valence-corrected chi connectivity index (χ4v) is 4.16. The van der Waals surface area contributed by atoms with Gasteiger partial charge in [-0.1, -0.05) is 18.2 Å². The van der Waals surface area contributed by atoms with Crippen LogP contribution in [0.15, 0.2) is 79.0 Å². The lowest BCUT2D eigenvalue weighted by atomic mass is 10.1. The van der Waals surface area contributed by atoms with Gasteiger partial charge < -0.3 is 26.3 Å². The van der Waals surface area contributed by atoms with Crippen LogP contribution in [0.1, 0.15) is 32.7 Å². The second-order valence-corrected chi connectivity index (χ2v) is 9.04. The van der Waals surface area contributed by atoms with E-state index in [2.05, 4.69) is 26.3 Å². The summed E-state index contributed by atoms with van der Waals surface area (Å²) in [5.41, 5.74) is 3.23. The highest BCUT2D eigenvalue weighted by Gasteiger charge is 2.31. The Bertz CT molecular complexity index is 1660. The zero-order valence-corrected chi connectivity index (χ0v) is 20.9. The van der Waals surface area contributed by atoms with E-state index in [1.165, 1.54) is 12.1 Å². The van der Waals surface area contributed by atoms with Crippen molar-refractivity contribution in [3.05, 3.63) is 107 Å². The fraction of sp³-hybridized carbons (Fsp3) is 0.0690. The minimum absolute atomic E-state index is 0.155. The number of aromatic nitrogens is 1. The molecule has 40 heavy (non-hydrogen) atoms. The number of rotatable bonds is 5. The molecule has 1 aromatic heterocycles. The number of hydrogen-bond acceptors (Lipinski definition) is 3. The molecule has 0 aliphatic carbocycles. The molecule has 5 rings (SSSR count). The number of carbonyl (C=O) groups is 3. The molecule has 0 radical (unpaired) electrons. The molecular formula is C29H22F3N5O3. The van der Waals surface area contributed by atoms with Crippen molar-refractivity contribution < 1.29 is 27.6 Å². The predicted molar refractivity (Wildman–Crippen MR) is 147 cm³/mol. The highest BCUT2D eigenvalue weighted by Crippen LogP contribution is 2.35. The first kappa shape index (κ1) is 26.3. The molecule has 0 saturated heterocycles. The molecule has 8 nitrogen and oxygen atoms in total. The molecule has 0 unspecified atom stereocenters. The Balaban J connectivity index is 1.26. The van der Waals surface area contributed by atoms with Crippen molar-refractivity contribution in [1.82, 2.24) is 4.98 Å². The molecule has 0 spiro atoms. The van der Waals surface area contributed by atoms with E-state index in [9.17, 15) is 27.6 Å². The first-order valence-corrected chi connectivity index (χ1v) is 12.0. The Hall–Kier alpha value is -5.32. The summed E-state index contributed by atoms with van der Waals surface area (Å²) in [6.45, 7) is 1.75. The maximum Gasteiger partial charge on any atom is 0.416 e. The van der Waals surface area contributed by atoms with E-state index in [1.807, 2.05) is 12.1 Å². The van der Waals surface area contributed by atoms with Gasteiger partial charge in [0.25, 0.3) is 11.8 Å². The topological polar surface area (TPSA) is 115 Å². The maximum atomic E-state index is 13.0. The molecule has 202 valence electrons. The van der Waals surface area contributed by atoms with Crippen LogP contribution in [0.25, 0.3) is 11.6 Å².